The molecule has 17 heavy (non-hydrogen) atoms. The summed E-state index contributed by atoms with van der Waals surface area (Å²) in [5.41, 5.74) is -0.928. The number of aromatic nitrogens is 2. The predicted octanol–water partition coefficient (Wildman–Crippen LogP) is 0.257. The summed E-state index contributed by atoms with van der Waals surface area (Å²) in [4.78, 5) is 19.9. The molecule has 0 bridgehead atoms. The number of hydrogen-bond donors (Lipinski definition) is 3. The number of rotatable bonds is 0. The molecule has 0 unspecified atom stereocenters. The van der Waals surface area contributed by atoms with Crippen LogP contribution in [0.25, 0.3) is 10.9 Å². The number of para-hydroxylation sites is 1. The second-order valence-corrected chi connectivity index (χ2v) is 3.31. The van der Waals surface area contributed by atoms with Crippen molar-refractivity contribution in [1.82, 2.24) is 10.2 Å². The fraction of sp³-hybridized carbons (Fsp3) is 0. The Morgan fingerprint density at radius 1 is 1.00 bits per heavy atom. The van der Waals surface area contributed by atoms with Gasteiger partial charge in [0.05, 0.1) is 11.7 Å². The van der Waals surface area contributed by atoms with Gasteiger partial charge >= 0.3 is 0 Å². The molecule has 3 aromatic rings. The minimum Gasteiger partial charge on any atom is -0.501 e. The number of H-pyrrole nitrogens is 1. The lowest BCUT2D eigenvalue weighted by Crippen LogP contribution is -2.28. The largest absolute Gasteiger partial charge is 0.501 e. The number of hydrogen-bond acceptors (Lipinski definition) is 5. The van der Waals surface area contributed by atoms with E-state index in [9.17, 15) is 9.59 Å². The van der Waals surface area contributed by atoms with E-state index in [1.807, 2.05) is 30.5 Å². The zero-order valence-corrected chi connectivity index (χ0v) is 8.54. The van der Waals surface area contributed by atoms with Gasteiger partial charge in [0.1, 0.15) is 0 Å². The molecule has 0 radical (unpaired) electrons. The molecular formula is C11H8N2O4. The molecule has 0 aliphatic heterocycles. The molecule has 0 atom stereocenters. The van der Waals surface area contributed by atoms with Crippen LogP contribution in [0.2, 0.25) is 0 Å². The Morgan fingerprint density at radius 2 is 1.59 bits per heavy atom. The number of aromatic amines is 1. The van der Waals surface area contributed by atoms with Gasteiger partial charge in [-0.05, 0) is 6.07 Å². The summed E-state index contributed by atoms with van der Waals surface area (Å²) in [6, 6.07) is 8.01. The highest BCUT2D eigenvalue weighted by Gasteiger charge is 2.17. The zero-order valence-electron chi connectivity index (χ0n) is 8.54. The number of fused-ring (bicyclic) bond motifs is 1. The first-order chi connectivity index (χ1) is 8.11. The minimum absolute atomic E-state index is 0.824. The van der Waals surface area contributed by atoms with Crippen LogP contribution in [-0.2, 0) is 0 Å². The van der Waals surface area contributed by atoms with Gasteiger partial charge in [0.15, 0.2) is 0 Å². The lowest BCUT2D eigenvalue weighted by atomic mass is 10.2. The molecular weight excluding hydrogens is 224 g/mol. The molecule has 0 aliphatic carbocycles. The highest BCUT2D eigenvalue weighted by atomic mass is 16.3. The lowest BCUT2D eigenvalue weighted by molar-refractivity contribution is 0.384. The van der Waals surface area contributed by atoms with E-state index in [0.29, 0.717) is 0 Å². The average Bonchev–Trinajstić information content (AvgIpc) is 2.85. The standard InChI is InChI=1S/C7H6N2.C4H2O4/c1-2-4-7-6(3-1)5-8-9-7;5-1-2(6)4(8)3(1)7/h1-5H,(H,8,9);5-6H. The quantitative estimate of drug-likeness (QED) is 0.482. The maximum Gasteiger partial charge on any atom is 0.275 e. The fourth-order valence-electron chi connectivity index (χ4n) is 1.25. The molecule has 86 valence electrons. The molecule has 0 saturated carbocycles. The third-order valence-corrected chi connectivity index (χ3v) is 2.21. The first kappa shape index (κ1) is 10.9. The van der Waals surface area contributed by atoms with Gasteiger partial charge < -0.3 is 10.2 Å². The lowest BCUT2D eigenvalue weighted by Gasteiger charge is -1.92. The smallest absolute Gasteiger partial charge is 0.275 e. The first-order valence-corrected chi connectivity index (χ1v) is 4.70. The van der Waals surface area contributed by atoms with Crippen LogP contribution in [0.4, 0.5) is 0 Å². The van der Waals surface area contributed by atoms with Crippen molar-refractivity contribution in [2.45, 2.75) is 0 Å². The predicted molar refractivity (Wildman–Crippen MR) is 60.8 cm³/mol. The van der Waals surface area contributed by atoms with E-state index in [0.717, 1.165) is 10.9 Å². The second-order valence-electron chi connectivity index (χ2n) is 3.31. The molecule has 3 rings (SSSR count). The topological polar surface area (TPSA) is 103 Å². The van der Waals surface area contributed by atoms with Gasteiger partial charge in [0.2, 0.25) is 11.5 Å². The van der Waals surface area contributed by atoms with Gasteiger partial charge in [0, 0.05) is 5.39 Å². The summed E-state index contributed by atoms with van der Waals surface area (Å²) in [6.45, 7) is 0. The second kappa shape index (κ2) is 4.09. The Bertz CT molecular complexity index is 662. The highest BCUT2D eigenvalue weighted by molar-refractivity contribution is 5.77. The third kappa shape index (κ3) is 1.87. The molecule has 0 spiro atoms. The van der Waals surface area contributed by atoms with Crippen LogP contribution in [0.5, 0.6) is 11.5 Å². The van der Waals surface area contributed by atoms with Crippen LogP contribution in [0, 0.1) is 0 Å². The fourth-order valence-corrected chi connectivity index (χ4v) is 1.25. The Kier molecular flexibility index (Phi) is 2.61. The molecule has 1 aromatic heterocycles. The van der Waals surface area contributed by atoms with Crippen LogP contribution in [-0.4, -0.2) is 20.4 Å². The molecule has 0 aliphatic rings. The summed E-state index contributed by atoms with van der Waals surface area (Å²) in [7, 11) is 0. The van der Waals surface area contributed by atoms with Gasteiger partial charge in [-0.1, -0.05) is 18.2 Å². The van der Waals surface area contributed by atoms with Crippen molar-refractivity contribution in [3.8, 4) is 11.5 Å². The Balaban J connectivity index is 0.000000128. The van der Waals surface area contributed by atoms with Gasteiger partial charge in [-0.25, -0.2) is 0 Å². The number of aromatic hydroxyl groups is 2. The van der Waals surface area contributed by atoms with E-state index in [1.165, 1.54) is 0 Å². The molecule has 0 saturated heterocycles. The van der Waals surface area contributed by atoms with Crippen molar-refractivity contribution in [2.75, 3.05) is 0 Å². The Hall–Kier alpha value is -2.63. The van der Waals surface area contributed by atoms with E-state index in [-0.39, 0.29) is 0 Å². The van der Waals surface area contributed by atoms with Crippen molar-refractivity contribution in [1.29, 1.82) is 0 Å². The summed E-state index contributed by atoms with van der Waals surface area (Å²) < 4.78 is 0. The summed E-state index contributed by atoms with van der Waals surface area (Å²) >= 11 is 0. The molecule has 6 heteroatoms. The Morgan fingerprint density at radius 3 is 2.12 bits per heavy atom. The molecule has 3 N–H and O–H groups in total. The summed E-state index contributed by atoms with van der Waals surface area (Å²) in [5.74, 6) is -1.65. The molecule has 2 aromatic carbocycles. The van der Waals surface area contributed by atoms with Crippen LogP contribution in [0.3, 0.4) is 0 Å². The van der Waals surface area contributed by atoms with Crippen molar-refractivity contribution < 1.29 is 10.2 Å². The van der Waals surface area contributed by atoms with E-state index in [4.69, 9.17) is 10.2 Å². The van der Waals surface area contributed by atoms with Crippen LogP contribution in [0.15, 0.2) is 40.1 Å². The van der Waals surface area contributed by atoms with E-state index >= 15 is 0 Å². The monoisotopic (exact) mass is 232 g/mol. The van der Waals surface area contributed by atoms with Crippen molar-refractivity contribution >= 4 is 10.9 Å². The van der Waals surface area contributed by atoms with Gasteiger partial charge in [-0.3, -0.25) is 14.7 Å². The third-order valence-electron chi connectivity index (χ3n) is 2.21. The molecule has 0 amide bonds. The van der Waals surface area contributed by atoms with Crippen LogP contribution in [0.1, 0.15) is 0 Å². The van der Waals surface area contributed by atoms with Gasteiger partial charge in [-0.15, -0.1) is 0 Å². The van der Waals surface area contributed by atoms with E-state index < -0.39 is 22.4 Å². The first-order valence-electron chi connectivity index (χ1n) is 4.70. The maximum atomic E-state index is 9.95. The van der Waals surface area contributed by atoms with Crippen molar-refractivity contribution in [3.05, 3.63) is 50.9 Å². The normalized spacial score (nSPS) is 10.1. The van der Waals surface area contributed by atoms with Crippen LogP contribution < -0.4 is 10.9 Å². The average molecular weight is 232 g/mol. The molecule has 6 nitrogen and oxygen atoms in total. The van der Waals surface area contributed by atoms with E-state index in [1.54, 1.807) is 0 Å². The van der Waals surface area contributed by atoms with E-state index in [2.05, 4.69) is 10.2 Å². The SMILES string of the molecule is O=c1c(O)c(O)c1=O.c1ccc2[nH]ncc2c1. The van der Waals surface area contributed by atoms with Crippen LogP contribution >= 0.6 is 0 Å². The van der Waals surface area contributed by atoms with Crippen molar-refractivity contribution in [3.63, 3.8) is 0 Å². The molecule has 0 fully saturated rings. The Labute approximate surface area is 94.5 Å². The maximum absolute atomic E-state index is 9.95. The van der Waals surface area contributed by atoms with Crippen molar-refractivity contribution in [2.24, 2.45) is 0 Å². The zero-order chi connectivity index (χ0) is 12.4. The highest BCUT2D eigenvalue weighted by Crippen LogP contribution is 2.13. The summed E-state index contributed by atoms with van der Waals surface area (Å²) in [5, 5.41) is 24.3. The van der Waals surface area contributed by atoms with Gasteiger partial charge in [-0.2, -0.15) is 5.10 Å². The number of nitrogens with zero attached hydrogens (tertiary/aromatic N) is 1. The van der Waals surface area contributed by atoms with Gasteiger partial charge in [0.25, 0.3) is 10.9 Å². The molecule has 1 heterocycles. The minimum atomic E-state index is -1.01. The summed E-state index contributed by atoms with van der Waals surface area (Å²) in [6.07, 6.45) is 1.81. The number of nitrogens with one attached hydrogen (secondary N) is 1. The number of benzene rings is 1.